The van der Waals surface area contributed by atoms with E-state index < -0.39 is 17.7 Å². The molecule has 1 saturated heterocycles. The molecule has 1 aliphatic rings. The highest BCUT2D eigenvalue weighted by molar-refractivity contribution is 6.51. The Morgan fingerprint density at radius 1 is 0.842 bits per heavy atom. The van der Waals surface area contributed by atoms with Crippen molar-refractivity contribution in [2.75, 3.05) is 44.2 Å². The van der Waals surface area contributed by atoms with Crippen molar-refractivity contribution in [1.82, 2.24) is 0 Å². The maximum Gasteiger partial charge on any atom is 0.300 e. The molecule has 38 heavy (non-hydrogen) atoms. The van der Waals surface area contributed by atoms with Crippen molar-refractivity contribution >= 4 is 28.8 Å². The minimum Gasteiger partial charge on any atom is -0.507 e. The van der Waals surface area contributed by atoms with Gasteiger partial charge >= 0.3 is 0 Å². The summed E-state index contributed by atoms with van der Waals surface area (Å²) in [6, 6.07) is 18.6. The Morgan fingerprint density at radius 2 is 1.47 bits per heavy atom. The average Bonchev–Trinajstić information content (AvgIpc) is 3.23. The lowest BCUT2D eigenvalue weighted by Gasteiger charge is -2.27. The predicted octanol–water partition coefficient (Wildman–Crippen LogP) is 5.18. The summed E-state index contributed by atoms with van der Waals surface area (Å²) < 4.78 is 15.9. The first-order chi connectivity index (χ1) is 18.4. The normalized spacial score (nSPS) is 16.4. The van der Waals surface area contributed by atoms with E-state index in [1.165, 1.54) is 19.1 Å². The first-order valence-corrected chi connectivity index (χ1v) is 12.4. The van der Waals surface area contributed by atoms with Crippen LogP contribution >= 0.6 is 0 Å². The number of ether oxygens (including phenoxy) is 3. The molecule has 0 bridgehead atoms. The number of carbonyl (C=O) groups is 2. The van der Waals surface area contributed by atoms with E-state index in [9.17, 15) is 14.7 Å². The monoisotopic (exact) mass is 516 g/mol. The van der Waals surface area contributed by atoms with E-state index in [-0.39, 0.29) is 11.3 Å². The van der Waals surface area contributed by atoms with Gasteiger partial charge in [0.25, 0.3) is 11.7 Å². The van der Waals surface area contributed by atoms with Gasteiger partial charge in [0.05, 0.1) is 32.9 Å². The molecule has 1 unspecified atom stereocenters. The van der Waals surface area contributed by atoms with Crippen LogP contribution in [0, 0.1) is 0 Å². The van der Waals surface area contributed by atoms with Crippen molar-refractivity contribution in [3.63, 3.8) is 0 Å². The van der Waals surface area contributed by atoms with E-state index in [1.807, 2.05) is 24.3 Å². The van der Waals surface area contributed by atoms with Crippen molar-refractivity contribution in [2.24, 2.45) is 0 Å². The molecule has 4 rings (SSSR count). The van der Waals surface area contributed by atoms with Crippen LogP contribution in [-0.4, -0.2) is 51.2 Å². The first-order valence-electron chi connectivity index (χ1n) is 12.4. The first kappa shape index (κ1) is 26.6. The number of ketones is 1. The smallest absolute Gasteiger partial charge is 0.300 e. The van der Waals surface area contributed by atoms with Gasteiger partial charge in [-0.2, -0.15) is 0 Å². The summed E-state index contributed by atoms with van der Waals surface area (Å²) in [5, 5.41) is 11.4. The Labute approximate surface area is 222 Å². The van der Waals surface area contributed by atoms with Gasteiger partial charge in [0.1, 0.15) is 11.5 Å². The Kier molecular flexibility index (Phi) is 7.90. The largest absolute Gasteiger partial charge is 0.507 e. The molecule has 0 aliphatic carbocycles. The quantitative estimate of drug-likeness (QED) is 0.238. The van der Waals surface area contributed by atoms with Gasteiger partial charge in [-0.15, -0.1) is 0 Å². The second-order valence-electron chi connectivity index (χ2n) is 8.70. The van der Waals surface area contributed by atoms with Crippen LogP contribution in [0.3, 0.4) is 0 Å². The molecule has 3 aromatic rings. The van der Waals surface area contributed by atoms with Crippen molar-refractivity contribution in [2.45, 2.75) is 19.9 Å². The molecule has 1 N–H and O–H groups in total. The molecule has 1 heterocycles. The number of amides is 1. The standard InChI is InChI=1S/C30H32N2O6/c1-6-31(7-2)21-11-8-19(9-12-21)27-26(28(33)20-10-17-24(37-4)25(18-20)38-5)29(34)30(35)32(27)22-13-15-23(36-3)16-14-22/h8-18,27,33H,6-7H2,1-5H3/b28-26-. The van der Waals surface area contributed by atoms with Gasteiger partial charge in [0.15, 0.2) is 11.5 Å². The number of aliphatic hydroxyl groups excluding tert-OH is 1. The second kappa shape index (κ2) is 11.3. The van der Waals surface area contributed by atoms with Gasteiger partial charge in [-0.3, -0.25) is 14.5 Å². The zero-order chi connectivity index (χ0) is 27.4. The van der Waals surface area contributed by atoms with Crippen LogP contribution in [-0.2, 0) is 9.59 Å². The Morgan fingerprint density at radius 3 is 2.03 bits per heavy atom. The molecule has 0 spiro atoms. The van der Waals surface area contributed by atoms with E-state index in [0.29, 0.717) is 34.1 Å². The van der Waals surface area contributed by atoms with E-state index in [0.717, 1.165) is 18.8 Å². The average molecular weight is 517 g/mol. The highest BCUT2D eigenvalue weighted by atomic mass is 16.5. The summed E-state index contributed by atoms with van der Waals surface area (Å²) in [5.41, 5.74) is 2.56. The number of Topliss-reactive ketones (excluding diaryl/α,β-unsaturated/α-hetero) is 1. The number of rotatable bonds is 9. The molecular formula is C30H32N2O6. The van der Waals surface area contributed by atoms with Crippen molar-refractivity contribution in [3.8, 4) is 17.2 Å². The lowest BCUT2D eigenvalue weighted by Crippen LogP contribution is -2.29. The van der Waals surface area contributed by atoms with Gasteiger partial charge in [-0.1, -0.05) is 12.1 Å². The molecule has 1 amide bonds. The molecule has 0 radical (unpaired) electrons. The predicted molar refractivity (Wildman–Crippen MR) is 147 cm³/mol. The summed E-state index contributed by atoms with van der Waals surface area (Å²) in [7, 11) is 4.56. The fraction of sp³-hybridized carbons (Fsp3) is 0.267. The number of hydrogen-bond acceptors (Lipinski definition) is 7. The third kappa shape index (κ3) is 4.77. The van der Waals surface area contributed by atoms with Gasteiger partial charge < -0.3 is 24.2 Å². The third-order valence-electron chi connectivity index (χ3n) is 6.79. The molecule has 3 aromatic carbocycles. The Hall–Kier alpha value is -4.46. The maximum atomic E-state index is 13.5. The minimum atomic E-state index is -0.845. The summed E-state index contributed by atoms with van der Waals surface area (Å²) in [5.74, 6) is -0.304. The fourth-order valence-corrected chi connectivity index (χ4v) is 4.75. The zero-order valence-electron chi connectivity index (χ0n) is 22.2. The summed E-state index contributed by atoms with van der Waals surface area (Å²) in [4.78, 5) is 30.5. The fourth-order valence-electron chi connectivity index (χ4n) is 4.75. The molecule has 8 nitrogen and oxygen atoms in total. The van der Waals surface area contributed by atoms with E-state index in [1.54, 1.807) is 49.6 Å². The molecule has 1 fully saturated rings. The molecular weight excluding hydrogens is 484 g/mol. The summed E-state index contributed by atoms with van der Waals surface area (Å²) in [6.45, 7) is 5.86. The number of hydrogen-bond donors (Lipinski definition) is 1. The van der Waals surface area contributed by atoms with Crippen molar-refractivity contribution in [3.05, 3.63) is 83.4 Å². The number of anilines is 2. The highest BCUT2D eigenvalue weighted by Crippen LogP contribution is 2.43. The number of benzene rings is 3. The van der Waals surface area contributed by atoms with Gasteiger partial charge in [-0.25, -0.2) is 0 Å². The van der Waals surface area contributed by atoms with Crippen LogP contribution < -0.4 is 24.0 Å². The van der Waals surface area contributed by atoms with Gasteiger partial charge in [0, 0.05) is 30.0 Å². The number of methoxy groups -OCH3 is 3. The molecule has 0 saturated carbocycles. The number of nitrogens with zero attached hydrogens (tertiary/aromatic N) is 2. The SMILES string of the molecule is CCN(CC)c1ccc(C2/C(=C(/O)c3ccc(OC)c(OC)c3)C(=O)C(=O)N2c2ccc(OC)cc2)cc1. The lowest BCUT2D eigenvalue weighted by atomic mass is 9.94. The van der Waals surface area contributed by atoms with E-state index >= 15 is 0 Å². The molecule has 8 heteroatoms. The molecule has 1 aliphatic heterocycles. The van der Waals surface area contributed by atoms with Crippen LogP contribution in [0.4, 0.5) is 11.4 Å². The summed E-state index contributed by atoms with van der Waals surface area (Å²) >= 11 is 0. The minimum absolute atomic E-state index is 0.00590. The number of carbonyl (C=O) groups excluding carboxylic acids is 2. The Balaban J connectivity index is 1.90. The topological polar surface area (TPSA) is 88.5 Å². The third-order valence-corrected chi connectivity index (χ3v) is 6.79. The van der Waals surface area contributed by atoms with Crippen LogP contribution in [0.2, 0.25) is 0 Å². The molecule has 1 atom stereocenters. The lowest BCUT2D eigenvalue weighted by molar-refractivity contribution is -0.132. The molecule has 0 aromatic heterocycles. The van der Waals surface area contributed by atoms with Crippen LogP contribution in [0.25, 0.3) is 5.76 Å². The molecule has 198 valence electrons. The van der Waals surface area contributed by atoms with Crippen LogP contribution in [0.1, 0.15) is 31.0 Å². The number of aliphatic hydroxyl groups is 1. The maximum absolute atomic E-state index is 13.5. The van der Waals surface area contributed by atoms with Crippen LogP contribution in [0.15, 0.2) is 72.3 Å². The van der Waals surface area contributed by atoms with Gasteiger partial charge in [0.2, 0.25) is 0 Å². The van der Waals surface area contributed by atoms with E-state index in [4.69, 9.17) is 14.2 Å². The van der Waals surface area contributed by atoms with Crippen molar-refractivity contribution < 1.29 is 28.9 Å². The summed E-state index contributed by atoms with van der Waals surface area (Å²) in [6.07, 6.45) is 0. The second-order valence-corrected chi connectivity index (χ2v) is 8.70. The highest BCUT2D eigenvalue weighted by Gasteiger charge is 2.47. The van der Waals surface area contributed by atoms with Crippen LogP contribution in [0.5, 0.6) is 17.2 Å². The Bertz CT molecular complexity index is 1340. The van der Waals surface area contributed by atoms with Crippen molar-refractivity contribution in [1.29, 1.82) is 0 Å². The zero-order valence-corrected chi connectivity index (χ0v) is 22.2. The van der Waals surface area contributed by atoms with Gasteiger partial charge in [-0.05, 0) is 74.0 Å². The van der Waals surface area contributed by atoms with E-state index in [2.05, 4.69) is 18.7 Å².